The normalized spacial score (nSPS) is 15.1. The molecule has 0 saturated carbocycles. The Morgan fingerprint density at radius 1 is 1.29 bits per heavy atom. The molecule has 21 heavy (non-hydrogen) atoms. The van der Waals surface area contributed by atoms with Crippen LogP contribution in [0.2, 0.25) is 0 Å². The number of oxazole rings is 1. The summed E-state index contributed by atoms with van der Waals surface area (Å²) < 4.78 is 10.1. The van der Waals surface area contributed by atoms with Crippen LogP contribution in [-0.2, 0) is 16.0 Å². The molecule has 1 fully saturated rings. The molecule has 1 saturated heterocycles. The predicted molar refractivity (Wildman–Crippen MR) is 74.7 cm³/mol. The van der Waals surface area contributed by atoms with Crippen molar-refractivity contribution in [2.24, 2.45) is 0 Å². The molecule has 0 unspecified atom stereocenters. The van der Waals surface area contributed by atoms with Crippen molar-refractivity contribution in [2.45, 2.75) is 26.7 Å². The van der Waals surface area contributed by atoms with Crippen LogP contribution < -0.4 is 0 Å². The number of rotatable bonds is 4. The zero-order chi connectivity index (χ0) is 15.2. The van der Waals surface area contributed by atoms with E-state index in [0.29, 0.717) is 51.5 Å². The van der Waals surface area contributed by atoms with E-state index < -0.39 is 0 Å². The molecule has 1 aromatic rings. The third-order valence-electron chi connectivity index (χ3n) is 3.42. The van der Waals surface area contributed by atoms with Gasteiger partial charge in [-0.2, -0.15) is 0 Å². The van der Waals surface area contributed by atoms with Gasteiger partial charge in [-0.3, -0.25) is 4.79 Å². The topological polar surface area (TPSA) is 75.9 Å². The summed E-state index contributed by atoms with van der Waals surface area (Å²) in [5.74, 6) is 0.694. The van der Waals surface area contributed by atoms with Crippen molar-refractivity contribution < 1.29 is 18.7 Å². The summed E-state index contributed by atoms with van der Waals surface area (Å²) in [6.45, 7) is 6.07. The van der Waals surface area contributed by atoms with Gasteiger partial charge in [0.25, 0.3) is 0 Å². The summed E-state index contributed by atoms with van der Waals surface area (Å²) >= 11 is 0. The summed E-state index contributed by atoms with van der Waals surface area (Å²) in [7, 11) is 0. The molecule has 0 atom stereocenters. The molecular formula is C14H21N3O4. The van der Waals surface area contributed by atoms with Gasteiger partial charge in [-0.25, -0.2) is 9.78 Å². The Morgan fingerprint density at radius 3 is 2.52 bits per heavy atom. The number of ether oxygens (including phenoxy) is 1. The van der Waals surface area contributed by atoms with Gasteiger partial charge in [0.15, 0.2) is 5.89 Å². The number of hydrogen-bond donors (Lipinski definition) is 0. The fourth-order valence-electron chi connectivity index (χ4n) is 2.27. The maximum atomic E-state index is 12.1. The average molecular weight is 295 g/mol. The Kier molecular flexibility index (Phi) is 5.19. The Balaban J connectivity index is 1.74. The first kappa shape index (κ1) is 15.3. The highest BCUT2D eigenvalue weighted by Gasteiger charge is 2.24. The number of carbonyl (C=O) groups is 2. The van der Waals surface area contributed by atoms with E-state index >= 15 is 0 Å². The van der Waals surface area contributed by atoms with E-state index in [2.05, 4.69) is 4.98 Å². The van der Waals surface area contributed by atoms with Crippen LogP contribution in [0.5, 0.6) is 0 Å². The first-order valence-corrected chi connectivity index (χ1v) is 7.20. The molecule has 1 aliphatic rings. The second kappa shape index (κ2) is 7.10. The van der Waals surface area contributed by atoms with Gasteiger partial charge < -0.3 is 19.0 Å². The quantitative estimate of drug-likeness (QED) is 0.834. The lowest BCUT2D eigenvalue weighted by atomic mass is 10.2. The Morgan fingerprint density at radius 2 is 1.95 bits per heavy atom. The van der Waals surface area contributed by atoms with E-state index in [1.54, 1.807) is 29.9 Å². The average Bonchev–Trinajstić information content (AvgIpc) is 2.91. The van der Waals surface area contributed by atoms with E-state index in [9.17, 15) is 9.59 Å². The maximum Gasteiger partial charge on any atom is 0.409 e. The van der Waals surface area contributed by atoms with Crippen LogP contribution in [0, 0.1) is 6.92 Å². The number of amides is 2. The SMILES string of the molecule is CCOC(=O)N1CCN(C(=O)CCc2coc(C)n2)CC1. The lowest BCUT2D eigenvalue weighted by molar-refractivity contribution is -0.132. The molecule has 2 heterocycles. The summed E-state index contributed by atoms with van der Waals surface area (Å²) in [6.07, 6.45) is 2.27. The second-order valence-electron chi connectivity index (χ2n) is 4.92. The van der Waals surface area contributed by atoms with Crippen molar-refractivity contribution in [3.05, 3.63) is 17.8 Å². The van der Waals surface area contributed by atoms with Crippen molar-refractivity contribution in [2.75, 3.05) is 32.8 Å². The number of nitrogens with zero attached hydrogens (tertiary/aromatic N) is 3. The molecule has 1 aromatic heterocycles. The van der Waals surface area contributed by atoms with E-state index in [0.717, 1.165) is 5.69 Å². The Bertz CT molecular complexity index is 492. The molecule has 0 radical (unpaired) electrons. The molecule has 0 aliphatic carbocycles. The van der Waals surface area contributed by atoms with Crippen LogP contribution >= 0.6 is 0 Å². The van der Waals surface area contributed by atoms with Crippen LogP contribution in [0.4, 0.5) is 4.79 Å². The predicted octanol–water partition coefficient (Wildman–Crippen LogP) is 1.22. The maximum absolute atomic E-state index is 12.1. The summed E-state index contributed by atoms with van der Waals surface area (Å²) in [5, 5.41) is 0. The van der Waals surface area contributed by atoms with Gasteiger partial charge in [-0.15, -0.1) is 0 Å². The highest BCUT2D eigenvalue weighted by molar-refractivity contribution is 5.77. The standard InChI is InChI=1S/C14H21N3O4/c1-3-20-14(19)17-8-6-16(7-9-17)13(18)5-4-12-10-21-11(2)15-12/h10H,3-9H2,1-2H3. The van der Waals surface area contributed by atoms with Crippen molar-refractivity contribution >= 4 is 12.0 Å². The first-order chi connectivity index (χ1) is 10.1. The van der Waals surface area contributed by atoms with Gasteiger partial charge in [0, 0.05) is 45.9 Å². The molecule has 7 heteroatoms. The molecule has 0 aromatic carbocycles. The van der Waals surface area contributed by atoms with Gasteiger partial charge in [0.05, 0.1) is 12.3 Å². The second-order valence-corrected chi connectivity index (χ2v) is 4.92. The van der Waals surface area contributed by atoms with E-state index in [-0.39, 0.29) is 12.0 Å². The lowest BCUT2D eigenvalue weighted by Crippen LogP contribution is -2.50. The molecule has 0 bridgehead atoms. The van der Waals surface area contributed by atoms with Crippen molar-refractivity contribution in [1.29, 1.82) is 0 Å². The van der Waals surface area contributed by atoms with Gasteiger partial charge in [0.2, 0.25) is 5.91 Å². The molecule has 0 N–H and O–H groups in total. The summed E-state index contributed by atoms with van der Waals surface area (Å²) in [5.41, 5.74) is 0.797. The summed E-state index contributed by atoms with van der Waals surface area (Å²) in [4.78, 5) is 31.3. The molecule has 2 amide bonds. The third-order valence-corrected chi connectivity index (χ3v) is 3.42. The monoisotopic (exact) mass is 295 g/mol. The Hall–Kier alpha value is -2.05. The third kappa shape index (κ3) is 4.21. The highest BCUT2D eigenvalue weighted by Crippen LogP contribution is 2.09. The molecular weight excluding hydrogens is 274 g/mol. The molecule has 116 valence electrons. The Labute approximate surface area is 123 Å². The van der Waals surface area contributed by atoms with E-state index in [4.69, 9.17) is 9.15 Å². The summed E-state index contributed by atoms with van der Waals surface area (Å²) in [6, 6.07) is 0. The zero-order valence-corrected chi connectivity index (χ0v) is 12.5. The number of carbonyl (C=O) groups excluding carboxylic acids is 2. The molecule has 2 rings (SSSR count). The number of aryl methyl sites for hydroxylation is 2. The number of aromatic nitrogens is 1. The van der Waals surface area contributed by atoms with Gasteiger partial charge >= 0.3 is 6.09 Å². The van der Waals surface area contributed by atoms with Crippen LogP contribution in [0.25, 0.3) is 0 Å². The number of hydrogen-bond acceptors (Lipinski definition) is 5. The molecule has 7 nitrogen and oxygen atoms in total. The smallest absolute Gasteiger partial charge is 0.409 e. The van der Waals surface area contributed by atoms with Crippen LogP contribution in [-0.4, -0.2) is 59.6 Å². The van der Waals surface area contributed by atoms with Gasteiger partial charge in [0.1, 0.15) is 6.26 Å². The first-order valence-electron chi connectivity index (χ1n) is 7.20. The molecule has 1 aliphatic heterocycles. The fraction of sp³-hybridized carbons (Fsp3) is 0.643. The van der Waals surface area contributed by atoms with Crippen LogP contribution in [0.3, 0.4) is 0 Å². The lowest BCUT2D eigenvalue weighted by Gasteiger charge is -2.34. The minimum atomic E-state index is -0.303. The van der Waals surface area contributed by atoms with Crippen LogP contribution in [0.1, 0.15) is 24.9 Å². The van der Waals surface area contributed by atoms with Crippen molar-refractivity contribution in [3.63, 3.8) is 0 Å². The minimum Gasteiger partial charge on any atom is -0.450 e. The zero-order valence-electron chi connectivity index (χ0n) is 12.5. The largest absolute Gasteiger partial charge is 0.450 e. The minimum absolute atomic E-state index is 0.0826. The van der Waals surface area contributed by atoms with Gasteiger partial charge in [-0.05, 0) is 6.92 Å². The van der Waals surface area contributed by atoms with E-state index in [1.165, 1.54) is 0 Å². The molecule has 0 spiro atoms. The number of piperazine rings is 1. The van der Waals surface area contributed by atoms with Crippen molar-refractivity contribution in [3.8, 4) is 0 Å². The fourth-order valence-corrected chi connectivity index (χ4v) is 2.27. The van der Waals surface area contributed by atoms with E-state index in [1.807, 2.05) is 0 Å². The highest BCUT2D eigenvalue weighted by atomic mass is 16.6. The van der Waals surface area contributed by atoms with Crippen LogP contribution in [0.15, 0.2) is 10.7 Å². The van der Waals surface area contributed by atoms with Gasteiger partial charge in [-0.1, -0.05) is 0 Å². The van der Waals surface area contributed by atoms with Crippen molar-refractivity contribution in [1.82, 2.24) is 14.8 Å².